The molecule has 0 aromatic carbocycles. The summed E-state index contributed by atoms with van der Waals surface area (Å²) in [5.41, 5.74) is 0.340. The minimum Gasteiger partial charge on any atom is -0.472 e. The molecule has 32 heavy (non-hydrogen) atoms. The van der Waals surface area contributed by atoms with Crippen LogP contribution in [-0.4, -0.2) is 50.7 Å². The zero-order valence-corrected chi connectivity index (χ0v) is 18.3. The molecule has 0 bridgehead atoms. The molecular formula is C21H22F3N5O2S. The molecule has 1 aliphatic heterocycles. The first-order chi connectivity index (χ1) is 15.2. The molecule has 1 N–H and O–H groups in total. The van der Waals surface area contributed by atoms with Crippen molar-refractivity contribution in [2.75, 3.05) is 18.4 Å². The van der Waals surface area contributed by atoms with Gasteiger partial charge in [0.05, 0.1) is 17.4 Å². The molecule has 2 atom stereocenters. The maximum Gasteiger partial charge on any atom is 0.408 e. The summed E-state index contributed by atoms with van der Waals surface area (Å²) in [6, 6.07) is 1.40. The number of ether oxygens (including phenoxy) is 1. The Kier molecular flexibility index (Phi) is 5.85. The number of carbonyl (C=O) groups excluding carboxylic acids is 1. The van der Waals surface area contributed by atoms with Gasteiger partial charge in [0.1, 0.15) is 18.0 Å². The largest absolute Gasteiger partial charge is 0.472 e. The molecule has 11 heteroatoms. The van der Waals surface area contributed by atoms with E-state index in [9.17, 15) is 18.0 Å². The van der Waals surface area contributed by atoms with E-state index >= 15 is 0 Å². The highest BCUT2D eigenvalue weighted by molar-refractivity contribution is 7.15. The van der Waals surface area contributed by atoms with Crippen LogP contribution in [0.25, 0.3) is 10.9 Å². The van der Waals surface area contributed by atoms with Crippen LogP contribution in [0.4, 0.5) is 24.1 Å². The average molecular weight is 466 g/mol. The molecule has 1 saturated heterocycles. The Morgan fingerprint density at radius 2 is 2.25 bits per heavy atom. The normalized spacial score (nSPS) is 17.5. The number of hydrogen-bond acceptors (Lipinski definition) is 6. The van der Waals surface area contributed by atoms with E-state index in [0.29, 0.717) is 41.4 Å². The molecule has 3 aromatic rings. The van der Waals surface area contributed by atoms with Gasteiger partial charge in [-0.3, -0.25) is 4.79 Å². The van der Waals surface area contributed by atoms with Crippen LogP contribution < -0.4 is 10.1 Å². The van der Waals surface area contributed by atoms with Gasteiger partial charge in [-0.15, -0.1) is 11.3 Å². The number of nitrogens with zero attached hydrogens (tertiary/aromatic N) is 4. The molecule has 0 unspecified atom stereocenters. The van der Waals surface area contributed by atoms with E-state index in [4.69, 9.17) is 4.74 Å². The van der Waals surface area contributed by atoms with Crippen LogP contribution >= 0.6 is 11.3 Å². The minimum absolute atomic E-state index is 0.186. The molecule has 4 rings (SSSR count). The minimum atomic E-state index is -4.41. The van der Waals surface area contributed by atoms with Crippen LogP contribution in [0.5, 0.6) is 5.88 Å². The maximum atomic E-state index is 13.4. The number of aromatic nitrogens is 3. The van der Waals surface area contributed by atoms with Crippen molar-refractivity contribution in [2.45, 2.75) is 38.6 Å². The van der Waals surface area contributed by atoms with Gasteiger partial charge in [0, 0.05) is 36.3 Å². The van der Waals surface area contributed by atoms with Crippen LogP contribution in [0.3, 0.4) is 0 Å². The summed E-state index contributed by atoms with van der Waals surface area (Å²) in [5, 5.41) is 4.10. The van der Waals surface area contributed by atoms with Crippen molar-refractivity contribution in [3.8, 4) is 5.88 Å². The zero-order valence-electron chi connectivity index (χ0n) is 17.5. The van der Waals surface area contributed by atoms with E-state index in [0.717, 1.165) is 16.4 Å². The highest BCUT2D eigenvalue weighted by atomic mass is 32.1. The van der Waals surface area contributed by atoms with Gasteiger partial charge >= 0.3 is 6.18 Å². The lowest BCUT2D eigenvalue weighted by molar-refractivity contribution is -0.162. The number of anilines is 2. The van der Waals surface area contributed by atoms with Crippen molar-refractivity contribution in [3.05, 3.63) is 42.1 Å². The van der Waals surface area contributed by atoms with Crippen molar-refractivity contribution in [1.82, 2.24) is 19.4 Å². The fourth-order valence-corrected chi connectivity index (χ4v) is 4.28. The van der Waals surface area contributed by atoms with Gasteiger partial charge in [0.25, 0.3) is 0 Å². The van der Waals surface area contributed by atoms with Gasteiger partial charge in [-0.1, -0.05) is 6.58 Å². The smallest absolute Gasteiger partial charge is 0.408 e. The first-order valence-electron chi connectivity index (χ1n) is 10.0. The highest BCUT2D eigenvalue weighted by Crippen LogP contribution is 2.37. The predicted molar refractivity (Wildman–Crippen MR) is 116 cm³/mol. The number of hydrogen-bond donors (Lipinski definition) is 1. The third kappa shape index (κ3) is 4.43. The van der Waals surface area contributed by atoms with Crippen molar-refractivity contribution in [3.63, 3.8) is 0 Å². The number of amides is 1. The predicted octanol–water partition coefficient (Wildman–Crippen LogP) is 4.83. The second kappa shape index (κ2) is 8.45. The molecule has 3 aromatic heterocycles. The number of rotatable bonds is 6. The monoisotopic (exact) mass is 465 g/mol. The van der Waals surface area contributed by atoms with Gasteiger partial charge < -0.3 is 19.5 Å². The average Bonchev–Trinajstić information content (AvgIpc) is 3.46. The molecule has 0 aliphatic carbocycles. The van der Waals surface area contributed by atoms with Gasteiger partial charge in [-0.25, -0.2) is 4.98 Å². The molecule has 0 radical (unpaired) electrons. The van der Waals surface area contributed by atoms with E-state index in [1.807, 2.05) is 6.92 Å². The van der Waals surface area contributed by atoms with Crippen LogP contribution in [0, 0.1) is 6.92 Å². The Hall–Kier alpha value is -3.08. The van der Waals surface area contributed by atoms with Gasteiger partial charge in [-0.2, -0.15) is 18.2 Å². The SMILES string of the molecule is C=CC(=O)N1CC[C@H](Oc2nc(Nc3ncc(C)s3)cc3c2ccn3[C@H](C)C(F)(F)F)C1. The molecule has 0 spiro atoms. The number of carbonyl (C=O) groups is 1. The van der Waals surface area contributed by atoms with Gasteiger partial charge in [0.15, 0.2) is 5.13 Å². The van der Waals surface area contributed by atoms with E-state index in [2.05, 4.69) is 21.9 Å². The summed E-state index contributed by atoms with van der Waals surface area (Å²) >= 11 is 1.41. The van der Waals surface area contributed by atoms with E-state index in [1.54, 1.807) is 23.2 Å². The Bertz CT molecular complexity index is 1160. The quantitative estimate of drug-likeness (QED) is 0.528. The third-order valence-electron chi connectivity index (χ3n) is 5.34. The Balaban J connectivity index is 1.70. The number of likely N-dealkylation sites (tertiary alicyclic amines) is 1. The van der Waals surface area contributed by atoms with Crippen LogP contribution in [0.15, 0.2) is 37.2 Å². The fraction of sp³-hybridized carbons (Fsp3) is 0.381. The van der Waals surface area contributed by atoms with E-state index in [-0.39, 0.29) is 17.9 Å². The number of alkyl halides is 3. The Morgan fingerprint density at radius 1 is 1.47 bits per heavy atom. The summed E-state index contributed by atoms with van der Waals surface area (Å²) in [5.74, 6) is 0.353. The van der Waals surface area contributed by atoms with E-state index in [1.165, 1.54) is 23.6 Å². The second-order valence-corrected chi connectivity index (χ2v) is 8.84. The molecule has 4 heterocycles. The fourth-order valence-electron chi connectivity index (χ4n) is 3.61. The van der Waals surface area contributed by atoms with E-state index < -0.39 is 12.2 Å². The molecule has 1 fully saturated rings. The summed E-state index contributed by atoms with van der Waals surface area (Å²) < 4.78 is 47.5. The second-order valence-electron chi connectivity index (χ2n) is 7.60. The lowest BCUT2D eigenvalue weighted by Gasteiger charge is -2.20. The number of thiazole rings is 1. The summed E-state index contributed by atoms with van der Waals surface area (Å²) in [4.78, 5) is 23.2. The van der Waals surface area contributed by atoms with Crippen molar-refractivity contribution < 1.29 is 22.7 Å². The molecule has 1 amide bonds. The first-order valence-corrected chi connectivity index (χ1v) is 10.8. The van der Waals surface area contributed by atoms with Crippen LogP contribution in [-0.2, 0) is 4.79 Å². The van der Waals surface area contributed by atoms with Crippen molar-refractivity contribution >= 4 is 39.1 Å². The van der Waals surface area contributed by atoms with Crippen LogP contribution in [0.1, 0.15) is 24.3 Å². The number of fused-ring (bicyclic) bond motifs is 1. The number of halogens is 3. The zero-order chi connectivity index (χ0) is 23.0. The topological polar surface area (TPSA) is 72.3 Å². The molecule has 0 saturated carbocycles. The molecular weight excluding hydrogens is 443 g/mol. The summed E-state index contributed by atoms with van der Waals surface area (Å²) in [7, 11) is 0. The molecule has 7 nitrogen and oxygen atoms in total. The molecule has 170 valence electrons. The number of pyridine rings is 1. The number of nitrogens with one attached hydrogen (secondary N) is 1. The molecule has 1 aliphatic rings. The lowest BCUT2D eigenvalue weighted by Crippen LogP contribution is -2.29. The van der Waals surface area contributed by atoms with Gasteiger partial charge in [-0.05, 0) is 26.0 Å². The first kappa shape index (κ1) is 22.1. The van der Waals surface area contributed by atoms with Gasteiger partial charge in [0.2, 0.25) is 11.8 Å². The summed E-state index contributed by atoms with van der Waals surface area (Å²) in [6.07, 6.45) is 0.185. The maximum absolute atomic E-state index is 13.4. The third-order valence-corrected chi connectivity index (χ3v) is 6.17. The highest BCUT2D eigenvalue weighted by Gasteiger charge is 2.38. The lowest BCUT2D eigenvalue weighted by atomic mass is 10.2. The summed E-state index contributed by atoms with van der Waals surface area (Å²) in [6.45, 7) is 7.38. The number of aryl methyl sites for hydroxylation is 1. The van der Waals surface area contributed by atoms with Crippen LogP contribution in [0.2, 0.25) is 0 Å². The van der Waals surface area contributed by atoms with Crippen molar-refractivity contribution in [2.24, 2.45) is 0 Å². The van der Waals surface area contributed by atoms with Crippen molar-refractivity contribution in [1.29, 1.82) is 0 Å². The standard InChI is InChI=1S/C21H22F3N5O2S/c1-4-18(30)28-7-5-14(11-28)31-19-15-6-8-29(13(3)21(22,23)24)16(15)9-17(26-19)27-20-25-10-12(2)32-20/h4,6,8-10,13-14H,1,5,7,11H2,2-3H3,(H,25,26,27)/t13-,14+/m1/s1. The Morgan fingerprint density at radius 3 is 2.91 bits per heavy atom. The Labute approximate surface area is 186 Å².